The lowest BCUT2D eigenvalue weighted by Crippen LogP contribution is -2.55. The molecule has 1 heterocycles. The van der Waals surface area contributed by atoms with Crippen molar-refractivity contribution in [1.82, 2.24) is 9.80 Å². The monoisotopic (exact) mass is 598 g/mol. The fourth-order valence-electron chi connectivity index (χ4n) is 3.39. The smallest absolute Gasteiger partial charge is 0.265 e. The molecule has 0 N–H and O–H groups in total. The van der Waals surface area contributed by atoms with Gasteiger partial charge in [0.05, 0.1) is 10.2 Å². The van der Waals surface area contributed by atoms with Crippen LogP contribution in [0.1, 0.15) is 31.9 Å². The predicted molar refractivity (Wildman–Crippen MR) is 141 cm³/mol. The van der Waals surface area contributed by atoms with Gasteiger partial charge in [-0.15, -0.1) is 0 Å². The summed E-state index contributed by atoms with van der Waals surface area (Å²) in [5.74, 6) is 0.301. The summed E-state index contributed by atoms with van der Waals surface area (Å²) in [6.45, 7) is 7.01. The van der Waals surface area contributed by atoms with E-state index in [2.05, 4.69) is 22.6 Å². The van der Waals surface area contributed by atoms with Crippen LogP contribution in [0.3, 0.4) is 0 Å². The van der Waals surface area contributed by atoms with Gasteiger partial charge in [0.15, 0.2) is 16.6 Å². The molecule has 1 aliphatic heterocycles. The molecule has 3 rings (SSSR count). The molecular weight excluding hydrogens is 575 g/mol. The van der Waals surface area contributed by atoms with Crippen LogP contribution in [-0.4, -0.2) is 46.4 Å². The maximum Gasteiger partial charge on any atom is 0.265 e. The standard InChI is InChI=1S/C24H24ClIN2O4S/c1-4-27-22(29)17(23(30)28(5-2)24(27)33)11-15-12-19(26)21(20(13-15)31-6-3)32-14-16-9-7-8-10-18(16)25/h7-13H,4-6,14H2,1-3H3. The maximum atomic E-state index is 12.9. The van der Waals surface area contributed by atoms with Crippen LogP contribution in [0.15, 0.2) is 42.0 Å². The van der Waals surface area contributed by atoms with Crippen LogP contribution in [0.5, 0.6) is 11.5 Å². The molecule has 174 valence electrons. The minimum atomic E-state index is -0.399. The van der Waals surface area contributed by atoms with E-state index in [0.29, 0.717) is 41.8 Å². The van der Waals surface area contributed by atoms with Crippen LogP contribution in [-0.2, 0) is 16.2 Å². The topological polar surface area (TPSA) is 59.1 Å². The number of amides is 2. The van der Waals surface area contributed by atoms with Gasteiger partial charge in [0, 0.05) is 23.7 Å². The normalized spacial score (nSPS) is 14.1. The van der Waals surface area contributed by atoms with Gasteiger partial charge < -0.3 is 9.47 Å². The van der Waals surface area contributed by atoms with E-state index in [1.165, 1.54) is 9.80 Å². The molecule has 9 heteroatoms. The first-order chi connectivity index (χ1) is 15.8. The van der Waals surface area contributed by atoms with Crippen molar-refractivity contribution in [3.05, 3.63) is 61.7 Å². The van der Waals surface area contributed by atoms with Gasteiger partial charge in [-0.05, 0) is 85.4 Å². The minimum absolute atomic E-state index is 0.0651. The largest absolute Gasteiger partial charge is 0.490 e. The Kier molecular flexibility index (Phi) is 8.72. The molecule has 0 radical (unpaired) electrons. The lowest BCUT2D eigenvalue weighted by atomic mass is 10.1. The molecule has 0 aromatic heterocycles. The number of carbonyl (C=O) groups excluding carboxylic acids is 2. The molecule has 0 unspecified atom stereocenters. The van der Waals surface area contributed by atoms with E-state index in [1.54, 1.807) is 12.1 Å². The number of carbonyl (C=O) groups is 2. The highest BCUT2D eigenvalue weighted by Crippen LogP contribution is 2.36. The molecule has 33 heavy (non-hydrogen) atoms. The van der Waals surface area contributed by atoms with Gasteiger partial charge in [0.1, 0.15) is 12.2 Å². The molecule has 1 aliphatic rings. The second-order valence-electron chi connectivity index (χ2n) is 7.08. The third-order valence-electron chi connectivity index (χ3n) is 5.02. The lowest BCUT2D eigenvalue weighted by molar-refractivity contribution is -0.133. The zero-order chi connectivity index (χ0) is 24.1. The highest BCUT2D eigenvalue weighted by atomic mass is 127. The number of halogens is 2. The van der Waals surface area contributed by atoms with Crippen molar-refractivity contribution >= 4 is 69.4 Å². The fourth-order valence-corrected chi connectivity index (χ4v) is 4.78. The van der Waals surface area contributed by atoms with Gasteiger partial charge in [-0.1, -0.05) is 29.8 Å². The highest BCUT2D eigenvalue weighted by Gasteiger charge is 2.37. The average Bonchev–Trinajstić information content (AvgIpc) is 2.78. The summed E-state index contributed by atoms with van der Waals surface area (Å²) in [6, 6.07) is 11.1. The number of ether oxygens (including phenoxy) is 2. The number of benzene rings is 2. The fraction of sp³-hybridized carbons (Fsp3) is 0.292. The molecule has 0 atom stereocenters. The molecule has 0 aliphatic carbocycles. The SMILES string of the molecule is CCOc1cc(C=C2C(=O)N(CC)C(=S)N(CC)C2=O)cc(I)c1OCc1ccccc1Cl. The van der Waals surface area contributed by atoms with Crippen LogP contribution in [0.4, 0.5) is 0 Å². The van der Waals surface area contributed by atoms with E-state index in [-0.39, 0.29) is 17.3 Å². The zero-order valence-corrected chi connectivity index (χ0v) is 22.3. The van der Waals surface area contributed by atoms with Gasteiger partial charge in [-0.3, -0.25) is 19.4 Å². The van der Waals surface area contributed by atoms with Crippen molar-refractivity contribution in [3.63, 3.8) is 0 Å². The molecule has 0 saturated carbocycles. The summed E-state index contributed by atoms with van der Waals surface area (Å²) in [5.41, 5.74) is 1.58. The Hall–Kier alpha value is -2.17. The van der Waals surface area contributed by atoms with Crippen LogP contribution in [0, 0.1) is 3.57 Å². The van der Waals surface area contributed by atoms with Crippen molar-refractivity contribution in [3.8, 4) is 11.5 Å². The van der Waals surface area contributed by atoms with Gasteiger partial charge in [0.2, 0.25) is 0 Å². The Bertz CT molecular complexity index is 1090. The molecular formula is C24H24ClIN2O4S. The average molecular weight is 599 g/mol. The Morgan fingerprint density at radius 2 is 1.67 bits per heavy atom. The van der Waals surface area contributed by atoms with E-state index >= 15 is 0 Å². The molecule has 2 aromatic rings. The zero-order valence-electron chi connectivity index (χ0n) is 18.6. The third-order valence-corrected chi connectivity index (χ3v) is 6.63. The Labute approximate surface area is 217 Å². The number of thiocarbonyl (C=S) groups is 1. The second-order valence-corrected chi connectivity index (χ2v) is 9.02. The number of hydrogen-bond donors (Lipinski definition) is 0. The lowest BCUT2D eigenvalue weighted by Gasteiger charge is -2.35. The van der Waals surface area contributed by atoms with Gasteiger partial charge in [0.25, 0.3) is 11.8 Å². The van der Waals surface area contributed by atoms with Crippen molar-refractivity contribution in [2.75, 3.05) is 19.7 Å². The predicted octanol–water partition coefficient (Wildman–Crippen LogP) is 5.30. The van der Waals surface area contributed by atoms with Crippen molar-refractivity contribution in [1.29, 1.82) is 0 Å². The van der Waals surface area contributed by atoms with Crippen molar-refractivity contribution < 1.29 is 19.1 Å². The molecule has 1 fully saturated rings. The number of likely N-dealkylation sites (N-methyl/N-ethyl adjacent to an activating group) is 2. The van der Waals surface area contributed by atoms with E-state index in [4.69, 9.17) is 33.3 Å². The number of rotatable bonds is 8. The Balaban J connectivity index is 1.97. The first kappa shape index (κ1) is 25.5. The molecule has 1 saturated heterocycles. The summed E-state index contributed by atoms with van der Waals surface area (Å²) in [7, 11) is 0. The maximum absolute atomic E-state index is 12.9. The minimum Gasteiger partial charge on any atom is -0.490 e. The van der Waals surface area contributed by atoms with Gasteiger partial charge in [-0.25, -0.2) is 0 Å². The molecule has 0 spiro atoms. The number of hydrogen-bond acceptors (Lipinski definition) is 5. The first-order valence-corrected chi connectivity index (χ1v) is 12.4. The summed E-state index contributed by atoms with van der Waals surface area (Å²) in [4.78, 5) is 28.8. The van der Waals surface area contributed by atoms with Crippen molar-refractivity contribution in [2.24, 2.45) is 0 Å². The quantitative estimate of drug-likeness (QED) is 0.179. The molecule has 2 amide bonds. The first-order valence-electron chi connectivity index (χ1n) is 10.5. The third kappa shape index (κ3) is 5.50. The van der Waals surface area contributed by atoms with E-state index in [1.807, 2.05) is 51.1 Å². The summed E-state index contributed by atoms with van der Waals surface area (Å²) in [5, 5.41) is 0.861. The summed E-state index contributed by atoms with van der Waals surface area (Å²) >= 11 is 13.7. The van der Waals surface area contributed by atoms with Gasteiger partial charge >= 0.3 is 0 Å². The summed E-state index contributed by atoms with van der Waals surface area (Å²) in [6.07, 6.45) is 1.58. The second kappa shape index (κ2) is 11.3. The van der Waals surface area contributed by atoms with Crippen LogP contribution < -0.4 is 9.47 Å². The van der Waals surface area contributed by atoms with E-state index < -0.39 is 11.8 Å². The van der Waals surface area contributed by atoms with Gasteiger partial charge in [-0.2, -0.15) is 0 Å². The molecule has 2 aromatic carbocycles. The Morgan fingerprint density at radius 1 is 1.03 bits per heavy atom. The van der Waals surface area contributed by atoms with Crippen LogP contribution in [0.25, 0.3) is 6.08 Å². The van der Waals surface area contributed by atoms with Crippen LogP contribution >= 0.6 is 46.4 Å². The van der Waals surface area contributed by atoms with E-state index in [9.17, 15) is 9.59 Å². The molecule has 0 bridgehead atoms. The molecule has 6 nitrogen and oxygen atoms in total. The number of nitrogens with zero attached hydrogens (tertiary/aromatic N) is 2. The highest BCUT2D eigenvalue weighted by molar-refractivity contribution is 14.1. The van der Waals surface area contributed by atoms with Crippen LogP contribution in [0.2, 0.25) is 5.02 Å². The Morgan fingerprint density at radius 3 is 2.24 bits per heavy atom. The van der Waals surface area contributed by atoms with E-state index in [0.717, 1.165) is 9.13 Å². The van der Waals surface area contributed by atoms with Crippen molar-refractivity contribution in [2.45, 2.75) is 27.4 Å². The summed E-state index contributed by atoms with van der Waals surface area (Å²) < 4.78 is 12.7.